The van der Waals surface area contributed by atoms with E-state index in [9.17, 15) is 9.59 Å². The minimum atomic E-state index is -0.0200. The molecule has 24 heavy (non-hydrogen) atoms. The summed E-state index contributed by atoms with van der Waals surface area (Å²) in [6.45, 7) is 2.29. The minimum absolute atomic E-state index is 0.0200. The lowest BCUT2D eigenvalue weighted by atomic mass is 10.1. The standard InChI is InChI=1S/C18H18N4O2/c23-17(14-5-4-8-19-11-14)20-9-10-21-16(12-20)13-22(18(21)24)15-6-2-1-3-7-15/h1-8,11,16H,9-10,12-13H2. The van der Waals surface area contributed by atoms with Crippen LogP contribution in [0.25, 0.3) is 0 Å². The first-order chi connectivity index (χ1) is 11.7. The maximum atomic E-state index is 12.6. The van der Waals surface area contributed by atoms with E-state index in [4.69, 9.17) is 0 Å². The van der Waals surface area contributed by atoms with Crippen molar-refractivity contribution in [1.82, 2.24) is 14.8 Å². The molecule has 122 valence electrons. The van der Waals surface area contributed by atoms with Crippen LogP contribution in [0.3, 0.4) is 0 Å². The van der Waals surface area contributed by atoms with Crippen LogP contribution in [0.1, 0.15) is 10.4 Å². The van der Waals surface area contributed by atoms with E-state index in [0.717, 1.165) is 5.69 Å². The molecule has 0 spiro atoms. The van der Waals surface area contributed by atoms with E-state index in [1.54, 1.807) is 29.4 Å². The zero-order valence-corrected chi connectivity index (χ0v) is 13.2. The number of benzene rings is 1. The average Bonchev–Trinajstić information content (AvgIpc) is 2.99. The van der Waals surface area contributed by atoms with Crippen LogP contribution >= 0.6 is 0 Å². The van der Waals surface area contributed by atoms with Crippen LogP contribution in [0.15, 0.2) is 54.9 Å². The first-order valence-corrected chi connectivity index (χ1v) is 8.06. The number of urea groups is 1. The van der Waals surface area contributed by atoms with Crippen molar-refractivity contribution in [2.24, 2.45) is 0 Å². The van der Waals surface area contributed by atoms with Crippen LogP contribution in [0.5, 0.6) is 0 Å². The van der Waals surface area contributed by atoms with Crippen molar-refractivity contribution in [1.29, 1.82) is 0 Å². The molecule has 0 radical (unpaired) electrons. The highest BCUT2D eigenvalue weighted by molar-refractivity contribution is 5.96. The smallest absolute Gasteiger partial charge is 0.324 e. The highest BCUT2D eigenvalue weighted by Crippen LogP contribution is 2.26. The third kappa shape index (κ3) is 2.50. The first kappa shape index (κ1) is 14.7. The fourth-order valence-corrected chi connectivity index (χ4v) is 3.39. The van der Waals surface area contributed by atoms with Gasteiger partial charge in [-0.15, -0.1) is 0 Å². The van der Waals surface area contributed by atoms with Crippen molar-refractivity contribution in [3.8, 4) is 0 Å². The predicted molar refractivity (Wildman–Crippen MR) is 89.8 cm³/mol. The van der Waals surface area contributed by atoms with E-state index in [-0.39, 0.29) is 18.0 Å². The van der Waals surface area contributed by atoms with Crippen LogP contribution in [0, 0.1) is 0 Å². The van der Waals surface area contributed by atoms with E-state index >= 15 is 0 Å². The molecule has 6 heteroatoms. The Balaban J connectivity index is 1.50. The monoisotopic (exact) mass is 322 g/mol. The second-order valence-electron chi connectivity index (χ2n) is 6.07. The lowest BCUT2D eigenvalue weighted by Crippen LogP contribution is -2.53. The molecule has 2 aliphatic heterocycles. The molecule has 4 rings (SSSR count). The van der Waals surface area contributed by atoms with Gasteiger partial charge < -0.3 is 9.80 Å². The first-order valence-electron chi connectivity index (χ1n) is 8.06. The molecule has 0 saturated carbocycles. The van der Waals surface area contributed by atoms with Crippen LogP contribution in [0.2, 0.25) is 0 Å². The summed E-state index contributed by atoms with van der Waals surface area (Å²) in [4.78, 5) is 34.7. The van der Waals surface area contributed by atoms with Crippen LogP contribution < -0.4 is 4.90 Å². The average molecular weight is 322 g/mol. The summed E-state index contributed by atoms with van der Waals surface area (Å²) in [5, 5.41) is 0. The number of carbonyl (C=O) groups is 2. The molecule has 3 heterocycles. The Morgan fingerprint density at radius 1 is 1.04 bits per heavy atom. The number of para-hydroxylation sites is 1. The van der Waals surface area contributed by atoms with Crippen molar-refractivity contribution >= 4 is 17.6 Å². The topological polar surface area (TPSA) is 56.8 Å². The largest absolute Gasteiger partial charge is 0.335 e. The van der Waals surface area contributed by atoms with E-state index in [1.807, 2.05) is 40.1 Å². The molecule has 3 amide bonds. The minimum Gasteiger partial charge on any atom is -0.335 e. The Hall–Kier alpha value is -2.89. The van der Waals surface area contributed by atoms with Crippen molar-refractivity contribution in [2.45, 2.75) is 6.04 Å². The SMILES string of the molecule is O=C(c1cccnc1)N1CCN2C(=O)N(c3ccccc3)CC2C1. The Labute approximate surface area is 140 Å². The zero-order chi connectivity index (χ0) is 16.5. The molecule has 1 aromatic heterocycles. The molecular formula is C18H18N4O2. The molecule has 0 N–H and O–H groups in total. The summed E-state index contributed by atoms with van der Waals surface area (Å²) in [5.41, 5.74) is 1.50. The Bertz CT molecular complexity index is 750. The fraction of sp³-hybridized carbons (Fsp3) is 0.278. The summed E-state index contributed by atoms with van der Waals surface area (Å²) in [6.07, 6.45) is 3.24. The van der Waals surface area contributed by atoms with Crippen molar-refractivity contribution in [3.05, 3.63) is 60.4 Å². The van der Waals surface area contributed by atoms with Crippen LogP contribution in [-0.4, -0.2) is 58.9 Å². The highest BCUT2D eigenvalue weighted by Gasteiger charge is 2.42. The van der Waals surface area contributed by atoms with E-state index in [2.05, 4.69) is 4.98 Å². The fourth-order valence-electron chi connectivity index (χ4n) is 3.39. The van der Waals surface area contributed by atoms with E-state index < -0.39 is 0 Å². The number of nitrogens with zero attached hydrogens (tertiary/aromatic N) is 4. The van der Waals surface area contributed by atoms with E-state index in [0.29, 0.717) is 31.7 Å². The van der Waals surface area contributed by atoms with Gasteiger partial charge >= 0.3 is 6.03 Å². The quantitative estimate of drug-likeness (QED) is 0.848. The molecular weight excluding hydrogens is 304 g/mol. The van der Waals surface area contributed by atoms with Crippen molar-refractivity contribution in [2.75, 3.05) is 31.1 Å². The maximum Gasteiger partial charge on any atom is 0.324 e. The third-order valence-electron chi connectivity index (χ3n) is 4.62. The molecule has 0 bridgehead atoms. The molecule has 1 atom stereocenters. The molecule has 2 saturated heterocycles. The van der Waals surface area contributed by atoms with Gasteiger partial charge in [0.1, 0.15) is 0 Å². The molecule has 2 fully saturated rings. The van der Waals surface area contributed by atoms with Gasteiger partial charge in [0.05, 0.1) is 11.6 Å². The number of pyridine rings is 1. The van der Waals surface area contributed by atoms with Crippen LogP contribution in [-0.2, 0) is 0 Å². The van der Waals surface area contributed by atoms with Gasteiger partial charge in [-0.2, -0.15) is 0 Å². The van der Waals surface area contributed by atoms with Gasteiger partial charge in [0.2, 0.25) is 0 Å². The summed E-state index contributed by atoms with van der Waals surface area (Å²) < 4.78 is 0. The normalized spacial score (nSPS) is 20.2. The van der Waals surface area contributed by atoms with Gasteiger partial charge in [-0.3, -0.25) is 14.7 Å². The number of carbonyl (C=O) groups excluding carboxylic acids is 2. The number of anilines is 1. The Morgan fingerprint density at radius 2 is 1.88 bits per heavy atom. The van der Waals surface area contributed by atoms with Gasteiger partial charge in [-0.05, 0) is 24.3 Å². The third-order valence-corrected chi connectivity index (χ3v) is 4.62. The lowest BCUT2D eigenvalue weighted by Gasteiger charge is -2.36. The highest BCUT2D eigenvalue weighted by atomic mass is 16.2. The van der Waals surface area contributed by atoms with Gasteiger partial charge in [0.15, 0.2) is 0 Å². The molecule has 6 nitrogen and oxygen atoms in total. The van der Waals surface area contributed by atoms with Gasteiger partial charge in [0, 0.05) is 44.3 Å². The number of rotatable bonds is 2. The molecule has 0 aliphatic carbocycles. The van der Waals surface area contributed by atoms with Crippen LogP contribution in [0.4, 0.5) is 10.5 Å². The lowest BCUT2D eigenvalue weighted by molar-refractivity contribution is 0.0616. The maximum absolute atomic E-state index is 12.6. The second-order valence-corrected chi connectivity index (χ2v) is 6.07. The number of piperazine rings is 1. The molecule has 2 aromatic rings. The number of fused-ring (bicyclic) bond motifs is 1. The summed E-state index contributed by atoms with van der Waals surface area (Å²) in [6, 6.07) is 13.3. The number of hydrogen-bond donors (Lipinski definition) is 0. The van der Waals surface area contributed by atoms with Crippen molar-refractivity contribution in [3.63, 3.8) is 0 Å². The summed E-state index contributed by atoms with van der Waals surface area (Å²) >= 11 is 0. The summed E-state index contributed by atoms with van der Waals surface area (Å²) in [7, 11) is 0. The second kappa shape index (κ2) is 5.96. The number of aromatic nitrogens is 1. The summed E-state index contributed by atoms with van der Waals surface area (Å²) in [5.74, 6) is -0.0200. The molecule has 1 aromatic carbocycles. The molecule has 2 aliphatic rings. The van der Waals surface area contributed by atoms with Gasteiger partial charge in [-0.25, -0.2) is 4.79 Å². The Kier molecular flexibility index (Phi) is 3.65. The number of amides is 3. The van der Waals surface area contributed by atoms with Crippen molar-refractivity contribution < 1.29 is 9.59 Å². The van der Waals surface area contributed by atoms with Gasteiger partial charge in [-0.1, -0.05) is 18.2 Å². The predicted octanol–water partition coefficient (Wildman–Crippen LogP) is 1.85. The van der Waals surface area contributed by atoms with E-state index in [1.165, 1.54) is 0 Å². The number of hydrogen-bond acceptors (Lipinski definition) is 3. The van der Waals surface area contributed by atoms with Gasteiger partial charge in [0.25, 0.3) is 5.91 Å². The molecule has 1 unspecified atom stereocenters. The Morgan fingerprint density at radius 3 is 2.62 bits per heavy atom. The zero-order valence-electron chi connectivity index (χ0n) is 13.2.